The van der Waals surface area contributed by atoms with Crippen molar-refractivity contribution < 1.29 is 18.3 Å². The summed E-state index contributed by atoms with van der Waals surface area (Å²) < 4.78 is 33.3. The Labute approximate surface area is 164 Å². The van der Waals surface area contributed by atoms with E-state index in [1.54, 1.807) is 0 Å². The molecule has 2 aromatic carbocycles. The number of amides is 1. The summed E-state index contributed by atoms with van der Waals surface area (Å²) in [5.41, 5.74) is 0.525. The predicted molar refractivity (Wildman–Crippen MR) is 102 cm³/mol. The summed E-state index contributed by atoms with van der Waals surface area (Å²) >= 11 is 1.24. The lowest BCUT2D eigenvalue weighted by Gasteiger charge is -2.09. The zero-order valence-corrected chi connectivity index (χ0v) is 15.9. The molecular weight excluding hydrogens is 386 g/mol. The third-order valence-corrected chi connectivity index (χ3v) is 4.72. The van der Waals surface area contributed by atoms with Gasteiger partial charge in [-0.05, 0) is 55.5 Å². The standard InChI is InChI=1S/C19H18F2N4O2S/c1-2-25-17(11-27-16-9-5-14(21)6-10-16)23-24-19(25)28-12-18(26)22-15-7-3-13(20)4-8-15/h3-10H,2,11-12H2,1H3,(H,22,26). The molecule has 146 valence electrons. The van der Waals surface area contributed by atoms with Gasteiger partial charge in [0.2, 0.25) is 5.91 Å². The second-order valence-electron chi connectivity index (χ2n) is 5.73. The topological polar surface area (TPSA) is 69.0 Å². The largest absolute Gasteiger partial charge is 0.486 e. The average molecular weight is 404 g/mol. The average Bonchev–Trinajstić information content (AvgIpc) is 3.09. The van der Waals surface area contributed by atoms with Gasteiger partial charge in [-0.25, -0.2) is 8.78 Å². The molecule has 1 heterocycles. The van der Waals surface area contributed by atoms with Gasteiger partial charge in [0.15, 0.2) is 11.0 Å². The van der Waals surface area contributed by atoms with Crippen molar-refractivity contribution in [2.75, 3.05) is 11.1 Å². The first-order valence-corrected chi connectivity index (χ1v) is 9.52. The summed E-state index contributed by atoms with van der Waals surface area (Å²) in [7, 11) is 0. The van der Waals surface area contributed by atoms with Gasteiger partial charge in [0.05, 0.1) is 5.75 Å². The number of nitrogens with one attached hydrogen (secondary N) is 1. The summed E-state index contributed by atoms with van der Waals surface area (Å²) in [5, 5.41) is 11.5. The second kappa shape index (κ2) is 9.32. The quantitative estimate of drug-likeness (QED) is 0.577. The van der Waals surface area contributed by atoms with Crippen molar-refractivity contribution in [1.29, 1.82) is 0 Å². The third kappa shape index (κ3) is 5.29. The van der Waals surface area contributed by atoms with Crippen LogP contribution in [0.25, 0.3) is 0 Å². The zero-order valence-electron chi connectivity index (χ0n) is 15.1. The Hall–Kier alpha value is -2.94. The Morgan fingerprint density at radius 2 is 1.71 bits per heavy atom. The van der Waals surface area contributed by atoms with Gasteiger partial charge in [-0.2, -0.15) is 0 Å². The lowest BCUT2D eigenvalue weighted by molar-refractivity contribution is -0.113. The van der Waals surface area contributed by atoms with E-state index in [0.29, 0.717) is 29.0 Å². The van der Waals surface area contributed by atoms with Crippen molar-refractivity contribution in [2.24, 2.45) is 0 Å². The van der Waals surface area contributed by atoms with Gasteiger partial charge in [0, 0.05) is 12.2 Å². The first kappa shape index (κ1) is 19.8. The Balaban J connectivity index is 1.56. The monoisotopic (exact) mass is 404 g/mol. The highest BCUT2D eigenvalue weighted by Crippen LogP contribution is 2.19. The van der Waals surface area contributed by atoms with Crippen molar-refractivity contribution in [2.45, 2.75) is 25.2 Å². The number of carbonyl (C=O) groups excluding carboxylic acids is 1. The van der Waals surface area contributed by atoms with E-state index in [0.717, 1.165) is 0 Å². The fourth-order valence-corrected chi connectivity index (χ4v) is 3.21. The van der Waals surface area contributed by atoms with Gasteiger partial charge in [0.25, 0.3) is 0 Å². The minimum absolute atomic E-state index is 0.133. The van der Waals surface area contributed by atoms with E-state index in [1.165, 1.54) is 60.3 Å². The molecule has 0 bridgehead atoms. The highest BCUT2D eigenvalue weighted by atomic mass is 32.2. The van der Waals surface area contributed by atoms with Crippen molar-refractivity contribution in [3.63, 3.8) is 0 Å². The van der Waals surface area contributed by atoms with Gasteiger partial charge in [-0.3, -0.25) is 4.79 Å². The molecule has 9 heteroatoms. The molecule has 1 N–H and O–H groups in total. The van der Waals surface area contributed by atoms with Gasteiger partial charge >= 0.3 is 0 Å². The Kier molecular flexibility index (Phi) is 6.59. The highest BCUT2D eigenvalue weighted by molar-refractivity contribution is 7.99. The number of anilines is 1. The van der Waals surface area contributed by atoms with Crippen molar-refractivity contribution in [1.82, 2.24) is 14.8 Å². The summed E-state index contributed by atoms with van der Waals surface area (Å²) in [4.78, 5) is 12.1. The fraction of sp³-hybridized carbons (Fsp3) is 0.211. The third-order valence-electron chi connectivity index (χ3n) is 3.75. The molecule has 0 aliphatic heterocycles. The van der Waals surface area contributed by atoms with Crippen LogP contribution >= 0.6 is 11.8 Å². The van der Waals surface area contributed by atoms with Gasteiger partial charge in [-0.1, -0.05) is 11.8 Å². The SMILES string of the molecule is CCn1c(COc2ccc(F)cc2)nnc1SCC(=O)Nc1ccc(F)cc1. The van der Waals surface area contributed by atoms with Crippen molar-refractivity contribution in [3.05, 3.63) is 66.0 Å². The lowest BCUT2D eigenvalue weighted by Crippen LogP contribution is -2.15. The molecule has 0 saturated carbocycles. The molecule has 0 atom stereocenters. The van der Waals surface area contributed by atoms with Crippen LogP contribution in [0.4, 0.5) is 14.5 Å². The summed E-state index contributed by atoms with van der Waals surface area (Å²) in [6, 6.07) is 11.3. The van der Waals surface area contributed by atoms with Crippen LogP contribution in [0.2, 0.25) is 0 Å². The van der Waals surface area contributed by atoms with Crippen LogP contribution in [-0.2, 0) is 17.9 Å². The number of halogens is 2. The zero-order chi connectivity index (χ0) is 19.9. The number of thioether (sulfide) groups is 1. The molecule has 0 aliphatic carbocycles. The van der Waals surface area contributed by atoms with Crippen LogP contribution in [0.15, 0.2) is 53.7 Å². The maximum atomic E-state index is 12.9. The van der Waals surface area contributed by atoms with E-state index in [-0.39, 0.29) is 29.9 Å². The number of rotatable bonds is 8. The number of hydrogen-bond donors (Lipinski definition) is 1. The molecule has 3 rings (SSSR count). The van der Waals surface area contributed by atoms with Crippen molar-refractivity contribution in [3.8, 4) is 5.75 Å². The van der Waals surface area contributed by atoms with Crippen LogP contribution in [0.1, 0.15) is 12.7 Å². The smallest absolute Gasteiger partial charge is 0.234 e. The second-order valence-corrected chi connectivity index (χ2v) is 6.67. The molecule has 0 radical (unpaired) electrons. The highest BCUT2D eigenvalue weighted by Gasteiger charge is 2.14. The molecule has 0 unspecified atom stereocenters. The molecule has 0 saturated heterocycles. The lowest BCUT2D eigenvalue weighted by atomic mass is 10.3. The van der Waals surface area contributed by atoms with E-state index >= 15 is 0 Å². The molecular formula is C19H18F2N4O2S. The first-order chi connectivity index (χ1) is 13.5. The molecule has 0 aliphatic rings. The maximum Gasteiger partial charge on any atom is 0.234 e. The van der Waals surface area contributed by atoms with Gasteiger partial charge in [0.1, 0.15) is 24.0 Å². The number of nitrogens with zero attached hydrogens (tertiary/aromatic N) is 3. The van der Waals surface area contributed by atoms with E-state index in [1.807, 2.05) is 11.5 Å². The molecule has 3 aromatic rings. The summed E-state index contributed by atoms with van der Waals surface area (Å²) in [6.45, 7) is 2.72. The molecule has 0 fully saturated rings. The molecule has 0 spiro atoms. The van der Waals surface area contributed by atoms with Gasteiger partial charge in [-0.15, -0.1) is 10.2 Å². The Morgan fingerprint density at radius 3 is 2.36 bits per heavy atom. The predicted octanol–water partition coefficient (Wildman–Crippen LogP) is 3.89. The van der Waals surface area contributed by atoms with Crippen LogP contribution < -0.4 is 10.1 Å². The summed E-state index contributed by atoms with van der Waals surface area (Å²) in [6.07, 6.45) is 0. The Morgan fingerprint density at radius 1 is 1.07 bits per heavy atom. The molecule has 28 heavy (non-hydrogen) atoms. The normalized spacial score (nSPS) is 10.7. The van der Waals surface area contributed by atoms with Crippen LogP contribution in [0.3, 0.4) is 0 Å². The minimum Gasteiger partial charge on any atom is -0.486 e. The van der Waals surface area contributed by atoms with Crippen LogP contribution in [0.5, 0.6) is 5.75 Å². The van der Waals surface area contributed by atoms with Crippen LogP contribution in [-0.4, -0.2) is 26.4 Å². The number of hydrogen-bond acceptors (Lipinski definition) is 5. The minimum atomic E-state index is -0.362. The summed E-state index contributed by atoms with van der Waals surface area (Å²) in [5.74, 6) is 0.342. The maximum absolute atomic E-state index is 12.9. The van der Waals surface area contributed by atoms with E-state index in [2.05, 4.69) is 15.5 Å². The van der Waals surface area contributed by atoms with E-state index < -0.39 is 0 Å². The number of benzene rings is 2. The van der Waals surface area contributed by atoms with E-state index in [4.69, 9.17) is 4.74 Å². The molecule has 1 amide bonds. The van der Waals surface area contributed by atoms with Crippen LogP contribution in [0, 0.1) is 11.6 Å². The molecule has 1 aromatic heterocycles. The first-order valence-electron chi connectivity index (χ1n) is 8.54. The Bertz CT molecular complexity index is 930. The van der Waals surface area contributed by atoms with Gasteiger partial charge < -0.3 is 14.6 Å². The number of ether oxygens (including phenoxy) is 1. The molecule has 6 nitrogen and oxygen atoms in total. The van der Waals surface area contributed by atoms with Crippen molar-refractivity contribution >= 4 is 23.4 Å². The van der Waals surface area contributed by atoms with E-state index in [9.17, 15) is 13.6 Å². The number of aromatic nitrogens is 3. The fourth-order valence-electron chi connectivity index (χ4n) is 2.39. The number of carbonyl (C=O) groups is 1.